The Labute approximate surface area is 402 Å². The summed E-state index contributed by atoms with van der Waals surface area (Å²) < 4.78 is 18.6. The number of nitrogens with zero attached hydrogens (tertiary/aromatic N) is 2. The highest BCUT2D eigenvalue weighted by Crippen LogP contribution is 2.58. The average Bonchev–Trinajstić information content (AvgIpc) is 3.88. The van der Waals surface area contributed by atoms with Crippen molar-refractivity contribution < 1.29 is 14.2 Å². The minimum Gasteiger partial charge on any atom is -0.481 e. The van der Waals surface area contributed by atoms with Crippen LogP contribution in [-0.2, 0) is 10.8 Å². The predicted octanol–water partition coefficient (Wildman–Crippen LogP) is 14.1. The molecule has 2 aliphatic carbocycles. The van der Waals surface area contributed by atoms with Crippen LogP contribution in [0, 0.1) is 23.7 Å². The molecule has 0 spiro atoms. The molecule has 2 unspecified atom stereocenters. The molecule has 12 rings (SSSR count). The summed E-state index contributed by atoms with van der Waals surface area (Å²) in [5, 5.41) is 4.47. The van der Waals surface area contributed by atoms with Crippen LogP contribution in [0.1, 0.15) is 58.4 Å². The first-order valence-corrected chi connectivity index (χ1v) is 23.2. The Morgan fingerprint density at radius 1 is 0.377 bits per heavy atom. The van der Waals surface area contributed by atoms with Gasteiger partial charge < -0.3 is 14.2 Å². The van der Waals surface area contributed by atoms with E-state index in [1.807, 2.05) is 50.8 Å². The topological polar surface area (TPSA) is 53.5 Å². The lowest BCUT2D eigenvalue weighted by Gasteiger charge is -2.34. The minimum atomic E-state index is -0.602. The fourth-order valence-electron chi connectivity index (χ4n) is 11.0. The van der Waals surface area contributed by atoms with Gasteiger partial charge in [0.25, 0.3) is 0 Å². The van der Waals surface area contributed by atoms with Crippen molar-refractivity contribution in [1.29, 1.82) is 0 Å². The van der Waals surface area contributed by atoms with Crippen LogP contribution in [-0.4, -0.2) is 23.2 Å². The quantitative estimate of drug-likeness (QED) is 0.128. The van der Waals surface area contributed by atoms with Crippen molar-refractivity contribution in [3.63, 3.8) is 0 Å². The summed E-state index contributed by atoms with van der Waals surface area (Å²) >= 11 is 0. The number of hydrogen-bond donors (Lipinski definition) is 0. The van der Waals surface area contributed by atoms with E-state index >= 15 is 0 Å². The van der Waals surface area contributed by atoms with E-state index in [2.05, 4.69) is 204 Å². The van der Waals surface area contributed by atoms with Crippen LogP contribution in [0.15, 0.2) is 207 Å². The Hall–Kier alpha value is -8.90. The van der Waals surface area contributed by atoms with Gasteiger partial charge in [0.1, 0.15) is 36.2 Å². The van der Waals surface area contributed by atoms with E-state index in [0.717, 1.165) is 66.8 Å². The number of ether oxygens (including phenoxy) is 3. The fourth-order valence-corrected chi connectivity index (χ4v) is 11.0. The summed E-state index contributed by atoms with van der Waals surface area (Å²) in [4.78, 5) is 9.21. The maximum absolute atomic E-state index is 6.72. The first-order valence-electron chi connectivity index (χ1n) is 23.2. The van der Waals surface area contributed by atoms with Crippen molar-refractivity contribution in [2.75, 3.05) is 13.2 Å². The van der Waals surface area contributed by atoms with Gasteiger partial charge in [0.05, 0.1) is 10.8 Å². The first kappa shape index (κ1) is 41.5. The zero-order valence-corrected chi connectivity index (χ0v) is 38.2. The Morgan fingerprint density at radius 2 is 0.754 bits per heavy atom. The lowest BCUT2D eigenvalue weighted by Crippen LogP contribution is -2.28. The molecule has 0 aliphatic heterocycles. The second kappa shape index (κ2) is 17.1. The van der Waals surface area contributed by atoms with Gasteiger partial charge in [-0.05, 0) is 164 Å². The van der Waals surface area contributed by atoms with E-state index in [9.17, 15) is 0 Å². The average molecular weight is 889 g/mol. The highest BCUT2D eigenvalue weighted by atomic mass is 16.5. The number of fused-ring (bicyclic) bond motifs is 8. The fraction of sp³-hybridized carbons (Fsp3) is 0.0938. The third kappa shape index (κ3) is 6.74. The molecule has 5 nitrogen and oxygen atoms in total. The molecule has 2 aromatic heterocycles. The minimum absolute atomic E-state index is 0.360. The highest BCUT2D eigenvalue weighted by Gasteiger charge is 2.47. The summed E-state index contributed by atoms with van der Waals surface area (Å²) in [6.07, 6.45) is 7.82. The number of benzene rings is 8. The van der Waals surface area contributed by atoms with E-state index < -0.39 is 10.8 Å². The standard InChI is InChI=1S/C64H44N2O3/c1-3-5-35-67-53-25-17-43-37-49(19-15-45(43)39-53)63(59-13-9-7-11-55(59)57-41-65-33-31-61(57)63)47-21-27-51(28-22-47)69-52-29-23-48(24-30-52)64(60-14-10-8-12-56(60)58-42-66-34-32-62(58)64)50-20-16-46-40-54(68-36-6-4-2)26-18-44(46)38-50/h7-34,37-42H,35-36H2,1-2H3. The van der Waals surface area contributed by atoms with Crippen molar-refractivity contribution in [3.8, 4) is 68.9 Å². The summed E-state index contributed by atoms with van der Waals surface area (Å²) in [7, 11) is 0. The number of hydrogen-bond acceptors (Lipinski definition) is 5. The molecule has 0 bridgehead atoms. The normalized spacial score (nSPS) is 16.0. The monoisotopic (exact) mass is 888 g/mol. The van der Waals surface area contributed by atoms with E-state index in [0.29, 0.717) is 13.2 Å². The molecule has 0 saturated carbocycles. The molecule has 0 radical (unpaired) electrons. The molecule has 5 heteroatoms. The smallest absolute Gasteiger partial charge is 0.149 e. The van der Waals surface area contributed by atoms with Gasteiger partial charge in [0, 0.05) is 35.9 Å². The maximum atomic E-state index is 6.72. The number of aromatic nitrogens is 2. The van der Waals surface area contributed by atoms with Crippen LogP contribution in [0.25, 0.3) is 43.8 Å². The highest BCUT2D eigenvalue weighted by molar-refractivity contribution is 5.91. The molecule has 10 aromatic rings. The molecular weight excluding hydrogens is 845 g/mol. The molecule has 0 fully saturated rings. The molecule has 0 saturated heterocycles. The second-order valence-corrected chi connectivity index (χ2v) is 17.5. The van der Waals surface area contributed by atoms with Gasteiger partial charge in [0.15, 0.2) is 0 Å². The van der Waals surface area contributed by atoms with E-state index in [4.69, 9.17) is 14.2 Å². The second-order valence-electron chi connectivity index (χ2n) is 17.5. The van der Waals surface area contributed by atoms with Crippen LogP contribution in [0.5, 0.6) is 23.0 Å². The van der Waals surface area contributed by atoms with Crippen molar-refractivity contribution in [2.24, 2.45) is 0 Å². The van der Waals surface area contributed by atoms with Gasteiger partial charge in [-0.3, -0.25) is 9.97 Å². The molecule has 8 aromatic carbocycles. The van der Waals surface area contributed by atoms with Crippen molar-refractivity contribution in [1.82, 2.24) is 9.97 Å². The summed E-state index contributed by atoms with van der Waals surface area (Å²) in [6.45, 7) is 4.37. The van der Waals surface area contributed by atoms with Gasteiger partial charge in [-0.15, -0.1) is 11.8 Å². The first-order chi connectivity index (χ1) is 34.1. The summed E-state index contributed by atoms with van der Waals surface area (Å²) in [6, 6.07) is 65.1. The number of pyridine rings is 2. The molecular formula is C64H44N2O3. The van der Waals surface area contributed by atoms with Crippen LogP contribution in [0.3, 0.4) is 0 Å². The Balaban J connectivity index is 0.914. The van der Waals surface area contributed by atoms with Crippen LogP contribution < -0.4 is 14.2 Å². The maximum Gasteiger partial charge on any atom is 0.149 e. The lowest BCUT2D eigenvalue weighted by molar-refractivity contribution is 0.370. The van der Waals surface area contributed by atoms with Crippen molar-refractivity contribution in [2.45, 2.75) is 24.7 Å². The Bertz CT molecular complexity index is 3420. The van der Waals surface area contributed by atoms with Crippen LogP contribution in [0.2, 0.25) is 0 Å². The van der Waals surface area contributed by atoms with Crippen molar-refractivity contribution >= 4 is 21.5 Å². The van der Waals surface area contributed by atoms with Gasteiger partial charge in [-0.25, -0.2) is 0 Å². The van der Waals surface area contributed by atoms with Gasteiger partial charge >= 0.3 is 0 Å². The Morgan fingerprint density at radius 3 is 1.20 bits per heavy atom. The largest absolute Gasteiger partial charge is 0.481 e. The lowest BCUT2D eigenvalue weighted by atomic mass is 9.67. The summed E-state index contributed by atoms with van der Waals surface area (Å²) in [5.74, 6) is 14.9. The molecule has 0 N–H and O–H groups in total. The zero-order valence-electron chi connectivity index (χ0n) is 38.2. The molecule has 2 heterocycles. The zero-order chi connectivity index (χ0) is 46.4. The molecule has 328 valence electrons. The molecule has 2 atom stereocenters. The third-order valence-electron chi connectivity index (χ3n) is 14.0. The van der Waals surface area contributed by atoms with Gasteiger partial charge in [-0.1, -0.05) is 121 Å². The van der Waals surface area contributed by atoms with Crippen LogP contribution in [0.4, 0.5) is 0 Å². The Kier molecular flexibility index (Phi) is 10.3. The van der Waals surface area contributed by atoms with E-state index in [1.54, 1.807) is 0 Å². The van der Waals surface area contributed by atoms with Gasteiger partial charge in [-0.2, -0.15) is 0 Å². The van der Waals surface area contributed by atoms with E-state index in [1.165, 1.54) is 44.5 Å². The molecule has 69 heavy (non-hydrogen) atoms. The number of rotatable bonds is 10. The third-order valence-corrected chi connectivity index (χ3v) is 14.0. The van der Waals surface area contributed by atoms with Crippen LogP contribution >= 0.6 is 0 Å². The SMILES string of the molecule is CC#CCOc1ccc2cc(C3(c4ccc(Oc5ccc(C6(c7ccc8cc(OCC#CC)ccc8c7)c7ccccc7-c7cnccc76)cc5)cc4)c4ccccc4-c4cnccc43)ccc2c1. The summed E-state index contributed by atoms with van der Waals surface area (Å²) in [5.41, 5.74) is 12.9. The van der Waals surface area contributed by atoms with Gasteiger partial charge in [0.2, 0.25) is 0 Å². The van der Waals surface area contributed by atoms with Crippen molar-refractivity contribution in [3.05, 3.63) is 251 Å². The predicted molar refractivity (Wildman–Crippen MR) is 276 cm³/mol. The molecule has 2 aliphatic rings. The molecule has 0 amide bonds. The van der Waals surface area contributed by atoms with E-state index in [-0.39, 0.29) is 0 Å².